The molecule has 0 aliphatic heterocycles. The lowest BCUT2D eigenvalue weighted by atomic mass is 9.77. The van der Waals surface area contributed by atoms with Crippen LogP contribution in [0.15, 0.2) is 42.6 Å². The molecular weight excluding hydrogens is 416 g/mol. The van der Waals surface area contributed by atoms with E-state index >= 15 is 0 Å². The van der Waals surface area contributed by atoms with E-state index in [1.807, 2.05) is 24.3 Å². The number of benzene rings is 1. The molecule has 1 saturated carbocycles. The highest BCUT2D eigenvalue weighted by molar-refractivity contribution is 5.95. The van der Waals surface area contributed by atoms with Gasteiger partial charge in [0.1, 0.15) is 5.82 Å². The van der Waals surface area contributed by atoms with Crippen molar-refractivity contribution in [1.82, 2.24) is 20.2 Å². The summed E-state index contributed by atoms with van der Waals surface area (Å²) in [6, 6.07) is 10.7. The van der Waals surface area contributed by atoms with Crippen molar-refractivity contribution >= 4 is 11.8 Å². The Hall–Kier alpha value is -3.35. The van der Waals surface area contributed by atoms with Gasteiger partial charge in [-0.1, -0.05) is 63.3 Å². The smallest absolute Gasteiger partial charge is 0.337 e. The highest BCUT2D eigenvalue weighted by Gasteiger charge is 2.29. The fraction of sp³-hybridized carbons (Fsp3) is 0.423. The summed E-state index contributed by atoms with van der Waals surface area (Å²) in [4.78, 5) is 33.1. The van der Waals surface area contributed by atoms with Crippen LogP contribution in [0.2, 0.25) is 0 Å². The topological polar surface area (TPSA) is 109 Å². The third-order valence-electron chi connectivity index (χ3n) is 6.51. The molecule has 2 aromatic heterocycles. The molecule has 0 amide bonds. The summed E-state index contributed by atoms with van der Waals surface area (Å²) in [7, 11) is 0. The van der Waals surface area contributed by atoms with Crippen molar-refractivity contribution in [2.45, 2.75) is 58.3 Å². The van der Waals surface area contributed by atoms with Crippen LogP contribution in [0.4, 0.5) is 0 Å². The molecule has 2 N–H and O–H groups in total. The van der Waals surface area contributed by atoms with Crippen molar-refractivity contribution < 1.29 is 14.7 Å². The number of hydrogen-bond donors (Lipinski definition) is 2. The molecule has 0 bridgehead atoms. The number of aromatic nitrogens is 4. The summed E-state index contributed by atoms with van der Waals surface area (Å²) in [6.45, 7) is 2.21. The van der Waals surface area contributed by atoms with Crippen LogP contribution in [0.5, 0.6) is 0 Å². The molecule has 7 nitrogen and oxygen atoms in total. The van der Waals surface area contributed by atoms with Crippen LogP contribution < -0.4 is 0 Å². The highest BCUT2D eigenvalue weighted by atomic mass is 16.4. The number of nitrogens with zero attached hydrogens (tertiary/aromatic N) is 3. The predicted molar refractivity (Wildman–Crippen MR) is 125 cm³/mol. The Morgan fingerprint density at radius 1 is 1.15 bits per heavy atom. The summed E-state index contributed by atoms with van der Waals surface area (Å²) >= 11 is 0. The maximum absolute atomic E-state index is 13.0. The SMILES string of the molecule is CCCCC1CCCC(C(=O)c2n[nH]c(Cc3ccc(-c4ncccc4C(=O)O)cc3)n2)C1. The van der Waals surface area contributed by atoms with E-state index in [9.17, 15) is 14.7 Å². The van der Waals surface area contributed by atoms with E-state index in [0.717, 1.165) is 30.4 Å². The number of aromatic amines is 1. The van der Waals surface area contributed by atoms with Gasteiger partial charge in [0.05, 0.1) is 11.3 Å². The molecular formula is C26H30N4O3. The summed E-state index contributed by atoms with van der Waals surface area (Å²) < 4.78 is 0. The largest absolute Gasteiger partial charge is 0.478 e. The Morgan fingerprint density at radius 2 is 1.97 bits per heavy atom. The van der Waals surface area contributed by atoms with Crippen molar-refractivity contribution in [3.8, 4) is 11.3 Å². The summed E-state index contributed by atoms with van der Waals surface area (Å²) in [5.74, 6) is 0.674. The Bertz CT molecular complexity index is 1110. The van der Waals surface area contributed by atoms with Gasteiger partial charge in [-0.15, -0.1) is 0 Å². The molecule has 2 unspecified atom stereocenters. The van der Waals surface area contributed by atoms with Crippen LogP contribution in [-0.4, -0.2) is 37.0 Å². The quantitative estimate of drug-likeness (QED) is 0.430. The molecule has 3 aromatic rings. The van der Waals surface area contributed by atoms with Crippen LogP contribution in [-0.2, 0) is 6.42 Å². The average molecular weight is 447 g/mol. The van der Waals surface area contributed by atoms with Crippen LogP contribution in [0.25, 0.3) is 11.3 Å². The minimum atomic E-state index is -1.00. The second kappa shape index (κ2) is 10.5. The molecule has 7 heteroatoms. The third-order valence-corrected chi connectivity index (χ3v) is 6.51. The van der Waals surface area contributed by atoms with Gasteiger partial charge in [0.2, 0.25) is 11.6 Å². The molecule has 1 aliphatic rings. The number of carbonyl (C=O) groups excluding carboxylic acids is 1. The van der Waals surface area contributed by atoms with Crippen molar-refractivity contribution in [1.29, 1.82) is 0 Å². The Balaban J connectivity index is 1.41. The lowest BCUT2D eigenvalue weighted by molar-refractivity contribution is 0.0697. The first kappa shape index (κ1) is 22.8. The number of carboxylic acids is 1. The van der Waals surface area contributed by atoms with Crippen molar-refractivity contribution in [2.24, 2.45) is 11.8 Å². The number of Topliss-reactive ketones (excluding diaryl/α,β-unsaturated/α-hetero) is 1. The number of hydrogen-bond acceptors (Lipinski definition) is 5. The molecule has 0 radical (unpaired) electrons. The zero-order valence-electron chi connectivity index (χ0n) is 19.0. The molecule has 1 aromatic carbocycles. The molecule has 1 fully saturated rings. The number of carboxylic acid groups (broad SMARTS) is 1. The molecule has 33 heavy (non-hydrogen) atoms. The van der Waals surface area contributed by atoms with Gasteiger partial charge in [-0.05, 0) is 36.5 Å². The molecule has 0 saturated heterocycles. The monoisotopic (exact) mass is 446 g/mol. The number of pyridine rings is 1. The highest BCUT2D eigenvalue weighted by Crippen LogP contribution is 2.33. The number of ketones is 1. The first-order valence-corrected chi connectivity index (χ1v) is 11.8. The van der Waals surface area contributed by atoms with Crippen molar-refractivity contribution in [3.05, 3.63) is 65.4 Å². The van der Waals surface area contributed by atoms with Crippen molar-refractivity contribution in [2.75, 3.05) is 0 Å². The van der Waals surface area contributed by atoms with Gasteiger partial charge in [-0.2, -0.15) is 5.10 Å². The standard InChI is InChI=1S/C26H30N4O3/c1-2-3-6-17-7-4-8-20(15-17)24(31)25-28-22(29-30-25)16-18-10-12-19(13-11-18)23-21(26(32)33)9-5-14-27-23/h5,9-14,17,20H,2-4,6-8,15-16H2,1H3,(H,32,33)(H,28,29,30). The second-order valence-electron chi connectivity index (χ2n) is 8.92. The van der Waals surface area contributed by atoms with Crippen LogP contribution in [0.1, 0.15) is 84.2 Å². The maximum atomic E-state index is 13.0. The van der Waals surface area contributed by atoms with Crippen LogP contribution in [0, 0.1) is 11.8 Å². The molecule has 2 heterocycles. The van der Waals surface area contributed by atoms with E-state index in [1.165, 1.54) is 25.7 Å². The summed E-state index contributed by atoms with van der Waals surface area (Å²) in [6.07, 6.45) is 9.95. The minimum absolute atomic E-state index is 0.0327. The van der Waals surface area contributed by atoms with Gasteiger partial charge in [0, 0.05) is 24.1 Å². The number of unbranched alkanes of at least 4 members (excludes halogenated alkanes) is 1. The van der Waals surface area contributed by atoms with Crippen LogP contribution in [0.3, 0.4) is 0 Å². The van der Waals surface area contributed by atoms with Gasteiger partial charge >= 0.3 is 5.97 Å². The number of aromatic carboxylic acids is 1. The fourth-order valence-corrected chi connectivity index (χ4v) is 4.73. The summed E-state index contributed by atoms with van der Waals surface area (Å²) in [5.41, 5.74) is 2.33. The maximum Gasteiger partial charge on any atom is 0.337 e. The van der Waals surface area contributed by atoms with E-state index in [4.69, 9.17) is 0 Å². The molecule has 1 aliphatic carbocycles. The number of H-pyrrole nitrogens is 1. The number of carbonyl (C=O) groups is 2. The van der Waals surface area contributed by atoms with Crippen molar-refractivity contribution in [3.63, 3.8) is 0 Å². The molecule has 4 rings (SSSR count). The summed E-state index contributed by atoms with van der Waals surface area (Å²) in [5, 5.41) is 16.5. The lowest BCUT2D eigenvalue weighted by Gasteiger charge is -2.27. The van der Waals surface area contributed by atoms with E-state index in [2.05, 4.69) is 27.1 Å². The minimum Gasteiger partial charge on any atom is -0.478 e. The predicted octanol–water partition coefficient (Wildman–Crippen LogP) is 5.34. The van der Waals surface area contributed by atoms with E-state index < -0.39 is 5.97 Å². The van der Waals surface area contributed by atoms with Gasteiger partial charge in [0.25, 0.3) is 0 Å². The van der Waals surface area contributed by atoms with Crippen LogP contribution >= 0.6 is 0 Å². The zero-order valence-corrected chi connectivity index (χ0v) is 19.0. The molecule has 172 valence electrons. The Kier molecular flexibility index (Phi) is 7.27. The zero-order chi connectivity index (χ0) is 23.2. The Morgan fingerprint density at radius 3 is 2.73 bits per heavy atom. The second-order valence-corrected chi connectivity index (χ2v) is 8.92. The Labute approximate surface area is 193 Å². The third kappa shape index (κ3) is 5.53. The molecule has 0 spiro atoms. The molecule has 2 atom stereocenters. The van der Waals surface area contributed by atoms with Gasteiger partial charge in [0.15, 0.2) is 0 Å². The first-order valence-electron chi connectivity index (χ1n) is 11.8. The first-order chi connectivity index (χ1) is 16.0. The van der Waals surface area contributed by atoms with E-state index in [-0.39, 0.29) is 17.3 Å². The van der Waals surface area contributed by atoms with E-state index in [1.54, 1.807) is 18.3 Å². The lowest BCUT2D eigenvalue weighted by Crippen LogP contribution is -2.24. The number of nitrogens with one attached hydrogen (secondary N) is 1. The fourth-order valence-electron chi connectivity index (χ4n) is 4.73. The van der Waals surface area contributed by atoms with Gasteiger partial charge in [-0.25, -0.2) is 9.78 Å². The van der Waals surface area contributed by atoms with Gasteiger partial charge in [-0.3, -0.25) is 14.9 Å². The van der Waals surface area contributed by atoms with E-state index in [0.29, 0.717) is 29.7 Å². The van der Waals surface area contributed by atoms with Gasteiger partial charge < -0.3 is 5.11 Å². The average Bonchev–Trinajstić information content (AvgIpc) is 3.31. The normalized spacial score (nSPS) is 18.2. The number of rotatable bonds is 9.